The number of nitrogens with one attached hydrogen (secondary N) is 2. The molecule has 0 radical (unpaired) electrons. The van der Waals surface area contributed by atoms with E-state index in [4.69, 9.17) is 0 Å². The van der Waals surface area contributed by atoms with E-state index in [-0.39, 0.29) is 0 Å². The van der Waals surface area contributed by atoms with Gasteiger partial charge in [0, 0.05) is 11.3 Å². The third-order valence-electron chi connectivity index (χ3n) is 2.99. The molecular weight excluding hydrogens is 269 g/mol. The zero-order chi connectivity index (χ0) is 15.2. The second-order valence-corrected chi connectivity index (χ2v) is 4.61. The summed E-state index contributed by atoms with van der Waals surface area (Å²) in [5.41, 5.74) is 5.29. The predicted molar refractivity (Wildman–Crippen MR) is 82.1 cm³/mol. The van der Waals surface area contributed by atoms with Crippen LogP contribution in [0.15, 0.2) is 47.6 Å². The Bertz CT molecular complexity index is 663. The molecule has 2 aromatic carbocycles. The molecule has 0 aliphatic heterocycles. The molecule has 0 aliphatic rings. The molecule has 2 rings (SSSR count). The van der Waals surface area contributed by atoms with E-state index in [2.05, 4.69) is 15.8 Å². The molecule has 108 valence electrons. The number of benzene rings is 2. The van der Waals surface area contributed by atoms with Gasteiger partial charge in [-0.05, 0) is 31.0 Å². The van der Waals surface area contributed by atoms with Gasteiger partial charge < -0.3 is 5.32 Å². The number of urea groups is 1. The molecule has 0 atom stereocenters. The zero-order valence-electron chi connectivity index (χ0n) is 11.9. The van der Waals surface area contributed by atoms with Crippen molar-refractivity contribution in [3.63, 3.8) is 0 Å². The fraction of sp³-hybridized carbons (Fsp3) is 0.125. The largest absolute Gasteiger partial charge is 0.339 e. The van der Waals surface area contributed by atoms with Crippen molar-refractivity contribution in [1.29, 1.82) is 0 Å². The second-order valence-electron chi connectivity index (χ2n) is 4.61. The van der Waals surface area contributed by atoms with E-state index in [0.717, 1.165) is 16.8 Å². The average molecular weight is 285 g/mol. The van der Waals surface area contributed by atoms with E-state index in [1.165, 1.54) is 12.3 Å². The molecule has 0 heterocycles. The van der Waals surface area contributed by atoms with Crippen LogP contribution in [-0.2, 0) is 0 Å². The third kappa shape index (κ3) is 3.89. The van der Waals surface area contributed by atoms with Gasteiger partial charge in [-0.2, -0.15) is 5.10 Å². The highest BCUT2D eigenvalue weighted by atomic mass is 19.1. The number of rotatable bonds is 3. The van der Waals surface area contributed by atoms with E-state index in [1.54, 1.807) is 18.2 Å². The highest BCUT2D eigenvalue weighted by molar-refractivity contribution is 5.91. The van der Waals surface area contributed by atoms with E-state index in [9.17, 15) is 9.18 Å². The van der Waals surface area contributed by atoms with Gasteiger partial charge in [-0.3, -0.25) is 0 Å². The normalized spacial score (nSPS) is 10.6. The molecule has 0 unspecified atom stereocenters. The van der Waals surface area contributed by atoms with Crippen LogP contribution in [-0.4, -0.2) is 12.2 Å². The Morgan fingerprint density at radius 1 is 1.10 bits per heavy atom. The van der Waals surface area contributed by atoms with Crippen LogP contribution in [0.1, 0.15) is 16.7 Å². The summed E-state index contributed by atoms with van der Waals surface area (Å²) < 4.78 is 13.3. The van der Waals surface area contributed by atoms with Gasteiger partial charge in [-0.15, -0.1) is 0 Å². The number of hydrazone groups is 1. The Morgan fingerprint density at radius 3 is 2.43 bits per heavy atom. The Labute approximate surface area is 122 Å². The van der Waals surface area contributed by atoms with E-state index in [1.807, 2.05) is 32.0 Å². The minimum atomic E-state index is -0.472. The van der Waals surface area contributed by atoms with Crippen LogP contribution in [0.5, 0.6) is 0 Å². The summed E-state index contributed by atoms with van der Waals surface area (Å²) >= 11 is 0. The van der Waals surface area contributed by atoms with Crippen molar-refractivity contribution in [1.82, 2.24) is 5.43 Å². The summed E-state index contributed by atoms with van der Waals surface area (Å²) in [4.78, 5) is 11.8. The Kier molecular flexibility index (Phi) is 4.66. The lowest BCUT2D eigenvalue weighted by Crippen LogP contribution is -2.25. The predicted octanol–water partition coefficient (Wildman–Crippen LogP) is 3.60. The molecule has 0 aliphatic carbocycles. The standard InChI is InChI=1S/C16H16FN3O/c1-11-6-5-7-12(2)15(11)19-16(21)20-18-10-13-8-3-4-9-14(13)17/h3-10H,1-2H3,(H2,19,20,21)/b18-10+. The van der Waals surface area contributed by atoms with Crippen molar-refractivity contribution in [3.05, 3.63) is 65.0 Å². The number of amides is 2. The van der Waals surface area contributed by atoms with Gasteiger partial charge in [-0.1, -0.05) is 36.4 Å². The molecule has 0 spiro atoms. The minimum absolute atomic E-state index is 0.310. The summed E-state index contributed by atoms with van der Waals surface area (Å²) in [5.74, 6) is -0.391. The quantitative estimate of drug-likeness (QED) is 0.657. The van der Waals surface area contributed by atoms with Crippen molar-refractivity contribution in [2.75, 3.05) is 5.32 Å². The van der Waals surface area contributed by atoms with Crippen molar-refractivity contribution in [2.45, 2.75) is 13.8 Å². The number of hydrogen-bond donors (Lipinski definition) is 2. The maximum absolute atomic E-state index is 13.3. The van der Waals surface area contributed by atoms with E-state index in [0.29, 0.717) is 5.56 Å². The van der Waals surface area contributed by atoms with Crippen LogP contribution in [0.3, 0.4) is 0 Å². The highest BCUT2D eigenvalue weighted by Gasteiger charge is 2.05. The topological polar surface area (TPSA) is 53.5 Å². The second kappa shape index (κ2) is 6.65. The first-order valence-electron chi connectivity index (χ1n) is 6.48. The molecule has 0 fully saturated rings. The summed E-state index contributed by atoms with van der Waals surface area (Å²) in [6.45, 7) is 3.82. The monoisotopic (exact) mass is 285 g/mol. The molecule has 0 saturated heterocycles. The molecule has 2 aromatic rings. The number of carbonyl (C=O) groups is 1. The fourth-order valence-corrected chi connectivity index (χ4v) is 1.89. The molecule has 0 aromatic heterocycles. The van der Waals surface area contributed by atoms with Crippen LogP contribution >= 0.6 is 0 Å². The summed E-state index contributed by atoms with van der Waals surface area (Å²) in [7, 11) is 0. The smallest absolute Gasteiger partial charge is 0.306 e. The van der Waals surface area contributed by atoms with Gasteiger partial charge >= 0.3 is 6.03 Å². The summed E-state index contributed by atoms with van der Waals surface area (Å²) in [6.07, 6.45) is 1.26. The molecular formula is C16H16FN3O. The van der Waals surface area contributed by atoms with Crippen molar-refractivity contribution >= 4 is 17.9 Å². The Balaban J connectivity index is 1.98. The van der Waals surface area contributed by atoms with Crippen molar-refractivity contribution < 1.29 is 9.18 Å². The molecule has 5 heteroatoms. The summed E-state index contributed by atoms with van der Waals surface area (Å²) in [6, 6.07) is 11.5. The lowest BCUT2D eigenvalue weighted by molar-refractivity contribution is 0.252. The lowest BCUT2D eigenvalue weighted by Gasteiger charge is -2.10. The summed E-state index contributed by atoms with van der Waals surface area (Å²) in [5, 5.41) is 6.45. The Morgan fingerprint density at radius 2 is 1.76 bits per heavy atom. The van der Waals surface area contributed by atoms with E-state index >= 15 is 0 Å². The molecule has 2 amide bonds. The number of aryl methyl sites for hydroxylation is 2. The van der Waals surface area contributed by atoms with Gasteiger partial charge in [-0.25, -0.2) is 14.6 Å². The first-order valence-corrected chi connectivity index (χ1v) is 6.48. The minimum Gasteiger partial charge on any atom is -0.306 e. The number of anilines is 1. The van der Waals surface area contributed by atoms with Gasteiger partial charge in [0.05, 0.1) is 6.21 Å². The zero-order valence-corrected chi connectivity index (χ0v) is 11.9. The third-order valence-corrected chi connectivity index (χ3v) is 2.99. The fourth-order valence-electron chi connectivity index (χ4n) is 1.89. The van der Waals surface area contributed by atoms with Gasteiger partial charge in [0.15, 0.2) is 0 Å². The molecule has 4 nitrogen and oxygen atoms in total. The molecule has 0 bridgehead atoms. The van der Waals surface area contributed by atoms with Gasteiger partial charge in [0.1, 0.15) is 5.82 Å². The van der Waals surface area contributed by atoms with Crippen LogP contribution in [0, 0.1) is 19.7 Å². The Hall–Kier alpha value is -2.69. The van der Waals surface area contributed by atoms with Crippen molar-refractivity contribution in [3.8, 4) is 0 Å². The highest BCUT2D eigenvalue weighted by Crippen LogP contribution is 2.18. The van der Waals surface area contributed by atoms with Crippen molar-refractivity contribution in [2.24, 2.45) is 5.10 Å². The number of hydrogen-bond acceptors (Lipinski definition) is 2. The molecule has 2 N–H and O–H groups in total. The number of halogens is 1. The molecule has 0 saturated carbocycles. The van der Waals surface area contributed by atoms with Crippen LogP contribution in [0.25, 0.3) is 0 Å². The average Bonchev–Trinajstić information content (AvgIpc) is 2.45. The van der Waals surface area contributed by atoms with Crippen LogP contribution < -0.4 is 10.7 Å². The first kappa shape index (κ1) is 14.7. The number of para-hydroxylation sites is 1. The SMILES string of the molecule is Cc1cccc(C)c1NC(=O)N/N=C/c1ccccc1F. The number of nitrogens with zero attached hydrogens (tertiary/aromatic N) is 1. The van der Waals surface area contributed by atoms with Gasteiger partial charge in [0.25, 0.3) is 0 Å². The maximum Gasteiger partial charge on any atom is 0.339 e. The maximum atomic E-state index is 13.3. The van der Waals surface area contributed by atoms with Gasteiger partial charge in [0.2, 0.25) is 0 Å². The number of carbonyl (C=O) groups excluding carboxylic acids is 1. The lowest BCUT2D eigenvalue weighted by atomic mass is 10.1. The van der Waals surface area contributed by atoms with Crippen LogP contribution in [0.2, 0.25) is 0 Å². The van der Waals surface area contributed by atoms with Crippen LogP contribution in [0.4, 0.5) is 14.9 Å². The first-order chi connectivity index (χ1) is 10.1. The molecule has 21 heavy (non-hydrogen) atoms. The van der Waals surface area contributed by atoms with E-state index < -0.39 is 11.8 Å².